The fourth-order valence-corrected chi connectivity index (χ4v) is 0.783. The Morgan fingerprint density at radius 2 is 2.30 bits per heavy atom. The molecule has 1 unspecified atom stereocenters. The Labute approximate surface area is 64.2 Å². The first-order valence-corrected chi connectivity index (χ1v) is 4.26. The molecule has 0 amide bonds. The molecule has 0 radical (unpaired) electrons. The van der Waals surface area contributed by atoms with Crippen molar-refractivity contribution >= 4 is 21.9 Å². The molecular weight excluding hydrogens is 182 g/mol. The third-order valence-electron chi connectivity index (χ3n) is 0.565. The molecule has 0 aromatic rings. The second-order valence-electron chi connectivity index (χ2n) is 1.61. The zero-order valence-electron chi connectivity index (χ0n) is 5.24. The van der Waals surface area contributed by atoms with E-state index in [-0.39, 0.29) is 6.61 Å². The van der Waals surface area contributed by atoms with Crippen LogP contribution in [-0.2, 0) is 14.5 Å². The van der Waals surface area contributed by atoms with Crippen LogP contribution in [0.25, 0.3) is 0 Å². The van der Waals surface area contributed by atoms with Gasteiger partial charge in [-0.05, 0) is 6.92 Å². The highest BCUT2D eigenvalue weighted by molar-refractivity contribution is 7.84. The summed E-state index contributed by atoms with van der Waals surface area (Å²) in [5, 5.41) is 7.49. The predicted molar refractivity (Wildman–Crippen MR) is 35.1 cm³/mol. The molecule has 0 aliphatic rings. The normalized spacial score (nSPS) is 15.1. The van der Waals surface area contributed by atoms with E-state index in [1.807, 2.05) is 0 Å². The molecule has 7 heteroatoms. The van der Waals surface area contributed by atoms with Gasteiger partial charge in [-0.1, -0.05) is 4.89 Å². The largest absolute Gasteiger partial charge is 0.358 e. The van der Waals surface area contributed by atoms with Crippen molar-refractivity contribution in [3.63, 3.8) is 0 Å². The lowest BCUT2D eigenvalue weighted by atomic mass is 10.5. The Bertz CT molecular complexity index is 177. The highest BCUT2D eigenvalue weighted by Gasteiger charge is 2.09. The second-order valence-corrected chi connectivity index (χ2v) is 3.68. The Hall–Kier alpha value is 0.120. The molecule has 2 N–H and O–H groups in total. The van der Waals surface area contributed by atoms with Gasteiger partial charge in [0.05, 0.1) is 12.0 Å². The molecule has 62 valence electrons. The Balaban J connectivity index is 3.70. The van der Waals surface area contributed by atoms with Gasteiger partial charge in [0.2, 0.25) is 0 Å². The molecule has 0 rings (SSSR count). The maximum Gasteiger partial charge on any atom is 0.358 e. The van der Waals surface area contributed by atoms with Gasteiger partial charge in [-0.15, -0.1) is 11.6 Å². The van der Waals surface area contributed by atoms with Crippen molar-refractivity contribution in [1.29, 1.82) is 0 Å². The van der Waals surface area contributed by atoms with Crippen LogP contribution in [0.1, 0.15) is 6.92 Å². The van der Waals surface area contributed by atoms with Gasteiger partial charge in [-0.25, -0.2) is 0 Å². The molecule has 0 aliphatic carbocycles. The van der Waals surface area contributed by atoms with E-state index < -0.39 is 15.7 Å². The zero-order chi connectivity index (χ0) is 8.20. The highest BCUT2D eigenvalue weighted by Crippen LogP contribution is 1.96. The molecule has 0 aliphatic heterocycles. The molecule has 0 spiro atoms. The molecule has 0 bridgehead atoms. The van der Waals surface area contributed by atoms with Crippen molar-refractivity contribution in [2.45, 2.75) is 12.3 Å². The summed E-state index contributed by atoms with van der Waals surface area (Å²) in [5.74, 6) is 0. The van der Waals surface area contributed by atoms with E-state index in [2.05, 4.69) is 4.18 Å². The quantitative estimate of drug-likeness (QED) is 0.477. The molecule has 0 fully saturated rings. The maximum atomic E-state index is 10.3. The van der Waals surface area contributed by atoms with Crippen LogP contribution in [0, 0.1) is 0 Å². The van der Waals surface area contributed by atoms with Gasteiger partial charge >= 0.3 is 10.3 Å². The van der Waals surface area contributed by atoms with Crippen LogP contribution in [0.3, 0.4) is 0 Å². The maximum absolute atomic E-state index is 10.3. The van der Waals surface area contributed by atoms with E-state index >= 15 is 0 Å². The molecule has 0 aromatic carbocycles. The third-order valence-corrected chi connectivity index (χ3v) is 1.36. The average Bonchev–Trinajstić information content (AvgIpc) is 1.85. The summed E-state index contributed by atoms with van der Waals surface area (Å²) >= 11 is 5.34. The lowest BCUT2D eigenvalue weighted by molar-refractivity contribution is 0.205. The smallest absolute Gasteiger partial charge is 0.300 e. The van der Waals surface area contributed by atoms with Crippen molar-refractivity contribution in [3.05, 3.63) is 0 Å². The van der Waals surface area contributed by atoms with Gasteiger partial charge in [-0.2, -0.15) is 8.42 Å². The van der Waals surface area contributed by atoms with E-state index in [1.165, 1.54) is 0 Å². The Morgan fingerprint density at radius 1 is 1.80 bits per heavy atom. The summed E-state index contributed by atoms with van der Waals surface area (Å²) in [4.78, 5) is 0.988. The van der Waals surface area contributed by atoms with Crippen LogP contribution in [0.5, 0.6) is 0 Å². The van der Waals surface area contributed by atoms with E-state index in [1.54, 1.807) is 6.92 Å². The number of alkyl halides is 1. The summed E-state index contributed by atoms with van der Waals surface area (Å²) in [6, 6.07) is 0. The van der Waals surface area contributed by atoms with E-state index in [0.29, 0.717) is 0 Å². The van der Waals surface area contributed by atoms with E-state index in [0.717, 1.165) is 4.89 Å². The first-order valence-electron chi connectivity index (χ1n) is 2.42. The molecule has 0 saturated carbocycles. The van der Waals surface area contributed by atoms with Gasteiger partial charge in [0, 0.05) is 0 Å². The molecular formula is C3H8ClNO4S. The lowest BCUT2D eigenvalue weighted by Gasteiger charge is -2.02. The second kappa shape index (κ2) is 4.09. The van der Waals surface area contributed by atoms with Crippen LogP contribution in [-0.4, -0.2) is 25.6 Å². The predicted octanol–water partition coefficient (Wildman–Crippen LogP) is -0.146. The van der Waals surface area contributed by atoms with Crippen LogP contribution in [0.15, 0.2) is 0 Å². The van der Waals surface area contributed by atoms with Crippen LogP contribution in [0.2, 0.25) is 0 Å². The molecule has 0 saturated heterocycles. The van der Waals surface area contributed by atoms with Gasteiger partial charge in [-0.3, -0.25) is 4.18 Å². The van der Waals surface area contributed by atoms with Crippen molar-refractivity contribution < 1.29 is 17.8 Å². The standard InChI is InChI=1S/C3H8ClNO4S/c1-3(4)2-9-10(7,8)5-6/h3,5-6H,2H2,1H3. The monoisotopic (exact) mass is 189 g/mol. The molecule has 1 atom stereocenters. The third kappa shape index (κ3) is 4.95. The summed E-state index contributed by atoms with van der Waals surface area (Å²) in [6.45, 7) is 1.39. The molecule has 0 aromatic heterocycles. The van der Waals surface area contributed by atoms with Crippen LogP contribution < -0.4 is 4.89 Å². The number of hydrogen-bond donors (Lipinski definition) is 2. The van der Waals surface area contributed by atoms with Crippen molar-refractivity contribution in [2.24, 2.45) is 0 Å². The van der Waals surface area contributed by atoms with E-state index in [9.17, 15) is 8.42 Å². The summed E-state index contributed by atoms with van der Waals surface area (Å²) in [7, 11) is -3.99. The summed E-state index contributed by atoms with van der Waals surface area (Å²) in [6.07, 6.45) is 0. The number of nitrogens with one attached hydrogen (secondary N) is 1. The fourth-order valence-electron chi connectivity index (χ4n) is 0.210. The lowest BCUT2D eigenvalue weighted by Crippen LogP contribution is -2.24. The van der Waals surface area contributed by atoms with Crippen LogP contribution in [0.4, 0.5) is 0 Å². The highest BCUT2D eigenvalue weighted by atomic mass is 35.5. The first-order chi connectivity index (χ1) is 4.48. The van der Waals surface area contributed by atoms with Crippen LogP contribution >= 0.6 is 11.6 Å². The summed E-state index contributed by atoms with van der Waals surface area (Å²) < 4.78 is 24.6. The van der Waals surface area contributed by atoms with Gasteiger partial charge in [0.15, 0.2) is 0 Å². The van der Waals surface area contributed by atoms with E-state index in [4.69, 9.17) is 16.8 Å². The van der Waals surface area contributed by atoms with Crippen molar-refractivity contribution in [1.82, 2.24) is 4.89 Å². The molecule has 5 nitrogen and oxygen atoms in total. The first kappa shape index (κ1) is 10.1. The summed E-state index contributed by atoms with van der Waals surface area (Å²) in [5.41, 5.74) is 0. The topological polar surface area (TPSA) is 75.6 Å². The van der Waals surface area contributed by atoms with Gasteiger partial charge in [0.25, 0.3) is 0 Å². The number of halogens is 1. The number of hydrogen-bond acceptors (Lipinski definition) is 4. The number of rotatable bonds is 4. The minimum atomic E-state index is -3.99. The SMILES string of the molecule is CC(Cl)COS(=O)(=O)NO. The van der Waals surface area contributed by atoms with Gasteiger partial charge < -0.3 is 5.21 Å². The van der Waals surface area contributed by atoms with Crippen molar-refractivity contribution in [2.75, 3.05) is 6.61 Å². The minimum Gasteiger partial charge on any atom is -0.300 e. The Kier molecular flexibility index (Phi) is 4.14. The zero-order valence-corrected chi connectivity index (χ0v) is 6.82. The van der Waals surface area contributed by atoms with Gasteiger partial charge in [0.1, 0.15) is 0 Å². The fraction of sp³-hybridized carbons (Fsp3) is 1.00. The average molecular weight is 190 g/mol. The molecule has 0 heterocycles. The molecule has 10 heavy (non-hydrogen) atoms. The van der Waals surface area contributed by atoms with Crippen molar-refractivity contribution in [3.8, 4) is 0 Å². The minimum absolute atomic E-state index is 0.169. The Morgan fingerprint density at radius 3 is 2.60 bits per heavy atom.